The number of hydrogen-bond donors (Lipinski definition) is 1. The summed E-state index contributed by atoms with van der Waals surface area (Å²) in [4.78, 5) is 30.4. The molecule has 0 aliphatic carbocycles. The Balaban J connectivity index is 1.48. The molecule has 3 atom stereocenters. The van der Waals surface area contributed by atoms with E-state index in [-0.39, 0.29) is 30.8 Å². The molecule has 1 N–H and O–H groups in total. The molecule has 1 aliphatic rings. The third-order valence-corrected chi connectivity index (χ3v) is 6.43. The SMILES string of the molecule is CC[C@@H](F)[C@H]1COC(=O)N1c1ccnc(N[C@@H](C)c2cnc(-c3ccc(C(F)(F)F)nc3)s2)n1. The summed E-state index contributed by atoms with van der Waals surface area (Å²) >= 11 is 1.28. The molecule has 0 bridgehead atoms. The van der Waals surface area contributed by atoms with Crippen LogP contribution >= 0.6 is 11.3 Å². The second-order valence-electron chi connectivity index (χ2n) is 7.54. The summed E-state index contributed by atoms with van der Waals surface area (Å²) in [5.41, 5.74) is -0.507. The molecule has 34 heavy (non-hydrogen) atoms. The smallest absolute Gasteiger partial charge is 0.433 e. The van der Waals surface area contributed by atoms with E-state index in [4.69, 9.17) is 4.74 Å². The molecule has 3 aromatic heterocycles. The van der Waals surface area contributed by atoms with Crippen molar-refractivity contribution in [1.82, 2.24) is 19.9 Å². The lowest BCUT2D eigenvalue weighted by molar-refractivity contribution is -0.141. The minimum atomic E-state index is -4.51. The van der Waals surface area contributed by atoms with Gasteiger partial charge in [-0.15, -0.1) is 11.3 Å². The molecule has 1 saturated heterocycles. The van der Waals surface area contributed by atoms with Gasteiger partial charge in [0, 0.05) is 29.0 Å². The predicted molar refractivity (Wildman–Crippen MR) is 117 cm³/mol. The zero-order chi connectivity index (χ0) is 24.5. The van der Waals surface area contributed by atoms with Gasteiger partial charge in [0.2, 0.25) is 5.95 Å². The first-order valence-electron chi connectivity index (χ1n) is 10.4. The standard InChI is InChI=1S/C21H20F4N6O2S/c1-3-13(22)14-10-33-20(32)31(14)17-6-7-26-19(30-17)29-11(2)15-9-28-18(34-15)12-4-5-16(27-8-12)21(23,24)25/h4-9,11,13-14H,3,10H2,1-2H3,(H,26,29,30)/t11-,13+,14+/m0/s1. The van der Waals surface area contributed by atoms with Crippen LogP contribution in [-0.2, 0) is 10.9 Å². The van der Waals surface area contributed by atoms with Gasteiger partial charge in [-0.3, -0.25) is 9.88 Å². The number of nitrogens with one attached hydrogen (secondary N) is 1. The summed E-state index contributed by atoms with van der Waals surface area (Å²) in [6.07, 6.45) is -2.02. The van der Waals surface area contributed by atoms with Gasteiger partial charge >= 0.3 is 12.3 Å². The first-order chi connectivity index (χ1) is 16.2. The zero-order valence-electron chi connectivity index (χ0n) is 18.1. The van der Waals surface area contributed by atoms with Crippen molar-refractivity contribution in [3.8, 4) is 10.6 Å². The number of aromatic nitrogens is 4. The predicted octanol–water partition coefficient (Wildman–Crippen LogP) is 5.26. The van der Waals surface area contributed by atoms with E-state index in [2.05, 4.69) is 25.3 Å². The van der Waals surface area contributed by atoms with Crippen LogP contribution in [0.15, 0.2) is 36.8 Å². The summed E-state index contributed by atoms with van der Waals surface area (Å²) in [7, 11) is 0. The van der Waals surface area contributed by atoms with Crippen LogP contribution in [0.2, 0.25) is 0 Å². The monoisotopic (exact) mass is 496 g/mol. The lowest BCUT2D eigenvalue weighted by Crippen LogP contribution is -2.40. The normalized spacial score (nSPS) is 18.0. The fourth-order valence-corrected chi connectivity index (χ4v) is 4.27. The molecule has 0 unspecified atom stereocenters. The van der Waals surface area contributed by atoms with Gasteiger partial charge in [-0.1, -0.05) is 6.92 Å². The minimum absolute atomic E-state index is 0.0561. The molecule has 13 heteroatoms. The molecule has 4 heterocycles. The Hall–Kier alpha value is -3.35. The number of anilines is 2. The van der Waals surface area contributed by atoms with Crippen LogP contribution in [0.1, 0.15) is 36.9 Å². The number of hydrogen-bond acceptors (Lipinski definition) is 8. The molecule has 4 rings (SSSR count). The molecule has 1 fully saturated rings. The van der Waals surface area contributed by atoms with Crippen LogP contribution in [-0.4, -0.2) is 44.8 Å². The van der Waals surface area contributed by atoms with Crippen LogP contribution in [0.4, 0.5) is 34.1 Å². The van der Waals surface area contributed by atoms with E-state index in [1.807, 2.05) is 6.92 Å². The maximum atomic E-state index is 14.3. The molecule has 180 valence electrons. The molecule has 0 spiro atoms. The van der Waals surface area contributed by atoms with Crippen molar-refractivity contribution in [2.45, 2.75) is 44.7 Å². The Labute approximate surface area is 196 Å². The number of carbonyl (C=O) groups is 1. The van der Waals surface area contributed by atoms with E-state index >= 15 is 0 Å². The second kappa shape index (κ2) is 9.49. The number of cyclic esters (lactones) is 1. The summed E-state index contributed by atoms with van der Waals surface area (Å²) < 4.78 is 57.5. The van der Waals surface area contributed by atoms with E-state index < -0.39 is 30.2 Å². The number of carbonyl (C=O) groups excluding carboxylic acids is 1. The molecule has 3 aromatic rings. The molecule has 0 saturated carbocycles. The Bertz CT molecular complexity index is 1160. The largest absolute Gasteiger partial charge is 0.447 e. The number of pyridine rings is 1. The van der Waals surface area contributed by atoms with Gasteiger partial charge in [0.1, 0.15) is 35.3 Å². The quantitative estimate of drug-likeness (QED) is 0.446. The van der Waals surface area contributed by atoms with Crippen molar-refractivity contribution in [2.75, 3.05) is 16.8 Å². The number of amides is 1. The molecule has 1 aliphatic heterocycles. The molecule has 0 aromatic carbocycles. The van der Waals surface area contributed by atoms with E-state index in [1.165, 1.54) is 34.6 Å². The van der Waals surface area contributed by atoms with Gasteiger partial charge in [0.05, 0.1) is 6.04 Å². The van der Waals surface area contributed by atoms with Gasteiger partial charge in [-0.05, 0) is 31.5 Å². The van der Waals surface area contributed by atoms with Crippen LogP contribution in [0.25, 0.3) is 10.6 Å². The Morgan fingerprint density at radius 1 is 1.24 bits per heavy atom. The Morgan fingerprint density at radius 2 is 2.03 bits per heavy atom. The van der Waals surface area contributed by atoms with Gasteiger partial charge in [-0.25, -0.2) is 19.2 Å². The highest BCUT2D eigenvalue weighted by atomic mass is 32.1. The van der Waals surface area contributed by atoms with Crippen LogP contribution in [0.5, 0.6) is 0 Å². The average molecular weight is 496 g/mol. The second-order valence-corrected chi connectivity index (χ2v) is 8.60. The number of nitrogens with zero attached hydrogens (tertiary/aromatic N) is 5. The Kier molecular flexibility index (Phi) is 6.64. The molecule has 8 nitrogen and oxygen atoms in total. The molecular weight excluding hydrogens is 476 g/mol. The third kappa shape index (κ3) is 4.93. The average Bonchev–Trinajstić information content (AvgIpc) is 3.45. The fraction of sp³-hybridized carbons (Fsp3) is 0.381. The van der Waals surface area contributed by atoms with E-state index in [0.717, 1.165) is 17.1 Å². The van der Waals surface area contributed by atoms with Crippen molar-refractivity contribution in [1.29, 1.82) is 0 Å². The number of thiazole rings is 1. The van der Waals surface area contributed by atoms with Crippen molar-refractivity contribution >= 4 is 29.2 Å². The van der Waals surface area contributed by atoms with Gasteiger partial charge < -0.3 is 10.1 Å². The summed E-state index contributed by atoms with van der Waals surface area (Å²) in [5, 5.41) is 3.61. The highest BCUT2D eigenvalue weighted by molar-refractivity contribution is 7.15. The minimum Gasteiger partial charge on any atom is -0.447 e. The number of alkyl halides is 4. The van der Waals surface area contributed by atoms with Crippen molar-refractivity contribution < 1.29 is 27.1 Å². The summed E-state index contributed by atoms with van der Waals surface area (Å²) in [6.45, 7) is 3.46. The highest BCUT2D eigenvalue weighted by Crippen LogP contribution is 2.33. The van der Waals surface area contributed by atoms with Crippen molar-refractivity contribution in [2.24, 2.45) is 0 Å². The van der Waals surface area contributed by atoms with Crippen LogP contribution in [0.3, 0.4) is 0 Å². The highest BCUT2D eigenvalue weighted by Gasteiger charge is 2.40. The lowest BCUT2D eigenvalue weighted by Gasteiger charge is -2.23. The van der Waals surface area contributed by atoms with Crippen LogP contribution < -0.4 is 10.2 Å². The van der Waals surface area contributed by atoms with Gasteiger partial charge in [-0.2, -0.15) is 18.2 Å². The maximum absolute atomic E-state index is 14.3. The third-order valence-electron chi connectivity index (χ3n) is 5.20. The van der Waals surface area contributed by atoms with Crippen LogP contribution in [0, 0.1) is 0 Å². The first kappa shape index (κ1) is 23.8. The molecule has 1 amide bonds. The summed E-state index contributed by atoms with van der Waals surface area (Å²) in [6, 6.07) is 2.66. The van der Waals surface area contributed by atoms with Crippen molar-refractivity contribution in [3.05, 3.63) is 47.4 Å². The first-order valence-corrected chi connectivity index (χ1v) is 11.2. The van der Waals surface area contributed by atoms with E-state index in [0.29, 0.717) is 10.6 Å². The van der Waals surface area contributed by atoms with E-state index in [9.17, 15) is 22.4 Å². The van der Waals surface area contributed by atoms with Gasteiger partial charge in [0.25, 0.3) is 0 Å². The van der Waals surface area contributed by atoms with Gasteiger partial charge in [0.15, 0.2) is 0 Å². The molecule has 0 radical (unpaired) electrons. The molecular formula is C21H20F4N6O2S. The summed E-state index contributed by atoms with van der Waals surface area (Å²) in [5.74, 6) is 0.427. The number of rotatable bonds is 7. The number of halogens is 4. The Morgan fingerprint density at radius 3 is 2.71 bits per heavy atom. The zero-order valence-corrected chi connectivity index (χ0v) is 18.9. The van der Waals surface area contributed by atoms with E-state index in [1.54, 1.807) is 13.1 Å². The topological polar surface area (TPSA) is 93.1 Å². The van der Waals surface area contributed by atoms with Crippen molar-refractivity contribution in [3.63, 3.8) is 0 Å². The lowest BCUT2D eigenvalue weighted by atomic mass is 10.1. The fourth-order valence-electron chi connectivity index (χ4n) is 3.36. The number of ether oxygens (including phenoxy) is 1. The maximum Gasteiger partial charge on any atom is 0.433 e.